The second kappa shape index (κ2) is 3.26. The normalized spacial score (nSPS) is 23.2. The van der Waals surface area contributed by atoms with Gasteiger partial charge in [-0.3, -0.25) is 4.79 Å². The van der Waals surface area contributed by atoms with E-state index >= 15 is 0 Å². The minimum absolute atomic E-state index is 0.0554. The van der Waals surface area contributed by atoms with Crippen LogP contribution in [0.1, 0.15) is 13.3 Å². The lowest BCUT2D eigenvalue weighted by atomic mass is 10.00. The van der Waals surface area contributed by atoms with Crippen molar-refractivity contribution in [1.29, 1.82) is 0 Å². The van der Waals surface area contributed by atoms with Crippen LogP contribution >= 0.6 is 0 Å². The summed E-state index contributed by atoms with van der Waals surface area (Å²) >= 11 is 0. The van der Waals surface area contributed by atoms with E-state index in [0.717, 1.165) is 0 Å². The molecule has 13 heavy (non-hydrogen) atoms. The van der Waals surface area contributed by atoms with Gasteiger partial charge in [-0.15, -0.1) is 0 Å². The van der Waals surface area contributed by atoms with Gasteiger partial charge in [-0.25, -0.2) is 8.42 Å². The summed E-state index contributed by atoms with van der Waals surface area (Å²) in [5, 5.41) is 11.3. The Kier molecular flexibility index (Phi) is 2.63. The van der Waals surface area contributed by atoms with Crippen LogP contribution in [0.2, 0.25) is 0 Å². The molecule has 0 spiro atoms. The van der Waals surface area contributed by atoms with Crippen LogP contribution in [0.15, 0.2) is 0 Å². The van der Waals surface area contributed by atoms with Crippen molar-refractivity contribution in [1.82, 2.24) is 5.32 Å². The predicted molar refractivity (Wildman–Crippen MR) is 46.9 cm³/mol. The van der Waals surface area contributed by atoms with E-state index in [9.17, 15) is 13.2 Å². The summed E-state index contributed by atoms with van der Waals surface area (Å²) in [5.41, 5.74) is -0.709. The maximum absolute atomic E-state index is 10.9. The van der Waals surface area contributed by atoms with Crippen molar-refractivity contribution >= 4 is 15.7 Å². The molecule has 0 aliphatic carbocycles. The number of hydrogen-bond acceptors (Lipinski definition) is 4. The zero-order chi connectivity index (χ0) is 10.1. The molecule has 1 fully saturated rings. The summed E-state index contributed by atoms with van der Waals surface area (Å²) in [7, 11) is -2.98. The molecule has 0 atom stereocenters. The summed E-state index contributed by atoms with van der Waals surface area (Å²) in [6, 6.07) is 0. The second-order valence-electron chi connectivity index (χ2n) is 3.47. The SMILES string of the molecule is CC(=O)NC1(CCO)CS(=O)(=O)C1. The van der Waals surface area contributed by atoms with Crippen molar-refractivity contribution in [3.8, 4) is 0 Å². The minimum Gasteiger partial charge on any atom is -0.396 e. The monoisotopic (exact) mass is 207 g/mol. The number of carbonyl (C=O) groups is 1. The third kappa shape index (κ3) is 2.41. The standard InChI is InChI=1S/C7H13NO4S/c1-6(10)8-7(2-3-9)4-13(11,12)5-7/h9H,2-5H2,1H3,(H,8,10). The van der Waals surface area contributed by atoms with Crippen molar-refractivity contribution in [3.63, 3.8) is 0 Å². The van der Waals surface area contributed by atoms with Crippen molar-refractivity contribution < 1.29 is 18.3 Å². The fourth-order valence-electron chi connectivity index (χ4n) is 1.67. The lowest BCUT2D eigenvalue weighted by Gasteiger charge is -2.41. The summed E-state index contributed by atoms with van der Waals surface area (Å²) in [5.74, 6) is -0.372. The van der Waals surface area contributed by atoms with Crippen molar-refractivity contribution in [3.05, 3.63) is 0 Å². The van der Waals surface area contributed by atoms with Gasteiger partial charge in [0.1, 0.15) is 0 Å². The van der Waals surface area contributed by atoms with E-state index in [1.807, 2.05) is 0 Å². The first-order chi connectivity index (χ1) is 5.89. The molecule has 1 heterocycles. The van der Waals surface area contributed by atoms with Crippen molar-refractivity contribution in [2.75, 3.05) is 18.1 Å². The first-order valence-corrected chi connectivity index (χ1v) is 5.81. The molecule has 0 unspecified atom stereocenters. The fourth-order valence-corrected chi connectivity index (χ4v) is 3.70. The van der Waals surface area contributed by atoms with E-state index in [-0.39, 0.29) is 24.0 Å². The van der Waals surface area contributed by atoms with Crippen LogP contribution in [0.3, 0.4) is 0 Å². The Morgan fingerprint density at radius 2 is 2.08 bits per heavy atom. The third-order valence-corrected chi connectivity index (χ3v) is 4.01. The van der Waals surface area contributed by atoms with Gasteiger partial charge in [0.2, 0.25) is 5.91 Å². The van der Waals surface area contributed by atoms with Gasteiger partial charge in [-0.05, 0) is 6.42 Å². The average molecular weight is 207 g/mol. The molecule has 0 radical (unpaired) electrons. The zero-order valence-electron chi connectivity index (χ0n) is 7.41. The van der Waals surface area contributed by atoms with E-state index in [4.69, 9.17) is 5.11 Å². The maximum Gasteiger partial charge on any atom is 0.217 e. The van der Waals surface area contributed by atoms with Gasteiger partial charge in [0.05, 0.1) is 17.0 Å². The Morgan fingerprint density at radius 1 is 1.54 bits per heavy atom. The molecular weight excluding hydrogens is 194 g/mol. The molecule has 1 rings (SSSR count). The highest BCUT2D eigenvalue weighted by molar-refractivity contribution is 7.93. The highest BCUT2D eigenvalue weighted by atomic mass is 32.2. The van der Waals surface area contributed by atoms with Gasteiger partial charge in [0.25, 0.3) is 0 Å². The van der Waals surface area contributed by atoms with Gasteiger partial charge >= 0.3 is 0 Å². The molecule has 1 aliphatic rings. The van der Waals surface area contributed by atoms with Gasteiger partial charge in [0, 0.05) is 13.5 Å². The topological polar surface area (TPSA) is 83.5 Å². The molecule has 0 aromatic carbocycles. The van der Waals surface area contributed by atoms with Crippen LogP contribution in [0.5, 0.6) is 0 Å². The van der Waals surface area contributed by atoms with E-state index in [1.54, 1.807) is 0 Å². The number of amides is 1. The number of rotatable bonds is 3. The lowest BCUT2D eigenvalue weighted by Crippen LogP contribution is -2.65. The Morgan fingerprint density at radius 3 is 2.38 bits per heavy atom. The number of carbonyl (C=O) groups excluding carboxylic acids is 1. The molecule has 1 saturated heterocycles. The smallest absolute Gasteiger partial charge is 0.217 e. The average Bonchev–Trinajstić information content (AvgIpc) is 1.80. The van der Waals surface area contributed by atoms with Gasteiger partial charge in [0.15, 0.2) is 9.84 Å². The summed E-state index contributed by atoms with van der Waals surface area (Å²) < 4.78 is 21.9. The van der Waals surface area contributed by atoms with Crippen molar-refractivity contribution in [2.24, 2.45) is 0 Å². The van der Waals surface area contributed by atoms with Crippen molar-refractivity contribution in [2.45, 2.75) is 18.9 Å². The van der Waals surface area contributed by atoms with Crippen LogP contribution < -0.4 is 5.32 Å². The number of sulfone groups is 1. The molecule has 5 nitrogen and oxygen atoms in total. The minimum atomic E-state index is -2.98. The Bertz CT molecular complexity index is 296. The Balaban J connectivity index is 2.64. The third-order valence-electron chi connectivity index (χ3n) is 2.02. The molecule has 0 bridgehead atoms. The highest BCUT2D eigenvalue weighted by Gasteiger charge is 2.48. The first kappa shape index (κ1) is 10.5. The number of aliphatic hydroxyl groups excluding tert-OH is 1. The second-order valence-corrected chi connectivity index (χ2v) is 5.53. The largest absolute Gasteiger partial charge is 0.396 e. The number of aliphatic hydroxyl groups is 1. The molecule has 76 valence electrons. The van der Waals surface area contributed by atoms with Gasteiger partial charge < -0.3 is 10.4 Å². The number of nitrogens with one attached hydrogen (secondary N) is 1. The van der Waals surface area contributed by atoms with Crippen LogP contribution in [0.25, 0.3) is 0 Å². The summed E-state index contributed by atoms with van der Waals surface area (Å²) in [6.07, 6.45) is 0.297. The predicted octanol–water partition coefficient (Wildman–Crippen LogP) is -1.33. The van der Waals surface area contributed by atoms with Crippen LogP contribution in [0.4, 0.5) is 0 Å². The Labute approximate surface area is 77.1 Å². The lowest BCUT2D eigenvalue weighted by molar-refractivity contribution is -0.120. The zero-order valence-corrected chi connectivity index (χ0v) is 8.23. The molecule has 1 amide bonds. The van der Waals surface area contributed by atoms with Crippen LogP contribution in [-0.2, 0) is 14.6 Å². The first-order valence-electron chi connectivity index (χ1n) is 3.99. The molecular formula is C7H13NO4S. The molecule has 0 aromatic rings. The van der Waals surface area contributed by atoms with Gasteiger partial charge in [-0.1, -0.05) is 0 Å². The highest BCUT2D eigenvalue weighted by Crippen LogP contribution is 2.26. The van der Waals surface area contributed by atoms with Crippen LogP contribution in [0, 0.1) is 0 Å². The van der Waals surface area contributed by atoms with E-state index < -0.39 is 15.4 Å². The molecule has 1 aliphatic heterocycles. The molecule has 6 heteroatoms. The summed E-state index contributed by atoms with van der Waals surface area (Å²) in [6.45, 7) is 1.22. The van der Waals surface area contributed by atoms with Crippen LogP contribution in [-0.4, -0.2) is 43.1 Å². The maximum atomic E-state index is 10.9. The molecule has 2 N–H and O–H groups in total. The Hall–Kier alpha value is -0.620. The van der Waals surface area contributed by atoms with E-state index in [2.05, 4.69) is 5.32 Å². The number of hydrogen-bond donors (Lipinski definition) is 2. The van der Waals surface area contributed by atoms with E-state index in [1.165, 1.54) is 6.92 Å². The van der Waals surface area contributed by atoms with E-state index in [0.29, 0.717) is 6.42 Å². The molecule has 0 aromatic heterocycles. The fraction of sp³-hybridized carbons (Fsp3) is 0.857. The summed E-state index contributed by atoms with van der Waals surface area (Å²) in [4.78, 5) is 10.8. The molecule has 0 saturated carbocycles. The quantitative estimate of drug-likeness (QED) is 0.600. The van der Waals surface area contributed by atoms with Gasteiger partial charge in [-0.2, -0.15) is 0 Å².